The number of hydrogen-bond donors (Lipinski definition) is 4. The summed E-state index contributed by atoms with van der Waals surface area (Å²) in [4.78, 5) is 37.1. The molecule has 4 N–H and O–H groups in total. The lowest BCUT2D eigenvalue weighted by molar-refractivity contribution is 0.0934. The van der Waals surface area contributed by atoms with Crippen molar-refractivity contribution in [1.29, 1.82) is 0 Å². The van der Waals surface area contributed by atoms with E-state index in [-0.39, 0.29) is 17.1 Å². The first-order valence-corrected chi connectivity index (χ1v) is 11.3. The molecule has 35 heavy (non-hydrogen) atoms. The van der Waals surface area contributed by atoms with Gasteiger partial charge in [0.1, 0.15) is 5.75 Å². The lowest BCUT2D eigenvalue weighted by Crippen LogP contribution is -2.48. The maximum atomic E-state index is 12.4. The van der Waals surface area contributed by atoms with Crippen molar-refractivity contribution in [3.05, 3.63) is 95.1 Å². The van der Waals surface area contributed by atoms with Gasteiger partial charge in [0.25, 0.3) is 17.7 Å². The van der Waals surface area contributed by atoms with Crippen LogP contribution in [0.15, 0.2) is 72.8 Å². The molecule has 0 aliphatic heterocycles. The van der Waals surface area contributed by atoms with Gasteiger partial charge in [-0.05, 0) is 93.7 Å². The quantitative estimate of drug-likeness (QED) is 0.307. The summed E-state index contributed by atoms with van der Waals surface area (Å²) < 4.78 is 5.55. The zero-order chi connectivity index (χ0) is 25.4. The predicted molar refractivity (Wildman–Crippen MR) is 138 cm³/mol. The highest BCUT2D eigenvalue weighted by atomic mass is 32.1. The third-order valence-electron chi connectivity index (χ3n) is 4.69. The van der Waals surface area contributed by atoms with Crippen molar-refractivity contribution in [2.24, 2.45) is 0 Å². The molecule has 0 aliphatic rings. The Morgan fingerprint density at radius 1 is 0.771 bits per heavy atom. The number of amides is 3. The standard InChI is InChI=1S/C26H26N4O4S/c1-16(2)34-22-13-9-18(10-14-22)23(31)28-26(35)30-29-25(33)19-7-11-21(12-8-19)27-24(32)20-6-4-5-17(3)15-20/h4-16H,1-3H3,(H,27,32)(H,29,33)(H2,28,30,31,35). The number of carbonyl (C=O) groups excluding carboxylic acids is 3. The SMILES string of the molecule is Cc1cccc(C(=O)Nc2ccc(C(=O)NNC(=S)NC(=O)c3ccc(OC(C)C)cc3)cc2)c1. The van der Waals surface area contributed by atoms with Crippen molar-refractivity contribution in [3.63, 3.8) is 0 Å². The summed E-state index contributed by atoms with van der Waals surface area (Å²) in [6, 6.07) is 20.2. The van der Waals surface area contributed by atoms with E-state index in [0.29, 0.717) is 28.1 Å². The molecule has 0 fully saturated rings. The van der Waals surface area contributed by atoms with Crippen LogP contribution in [0.1, 0.15) is 50.5 Å². The van der Waals surface area contributed by atoms with Crippen LogP contribution in [0.2, 0.25) is 0 Å². The minimum absolute atomic E-state index is 0.0311. The molecule has 0 heterocycles. The number of carbonyl (C=O) groups is 3. The second-order valence-corrected chi connectivity index (χ2v) is 8.36. The molecular weight excluding hydrogens is 464 g/mol. The molecule has 3 rings (SSSR count). The number of rotatable bonds is 6. The maximum absolute atomic E-state index is 12.4. The molecule has 8 nitrogen and oxygen atoms in total. The van der Waals surface area contributed by atoms with Gasteiger partial charge in [0, 0.05) is 22.4 Å². The highest BCUT2D eigenvalue weighted by molar-refractivity contribution is 7.80. The molecule has 3 amide bonds. The lowest BCUT2D eigenvalue weighted by Gasteiger charge is -2.12. The fraction of sp³-hybridized carbons (Fsp3) is 0.154. The Kier molecular flexibility index (Phi) is 8.53. The smallest absolute Gasteiger partial charge is 0.269 e. The van der Waals surface area contributed by atoms with Gasteiger partial charge in [0.2, 0.25) is 0 Å². The van der Waals surface area contributed by atoms with E-state index in [2.05, 4.69) is 21.5 Å². The monoisotopic (exact) mass is 490 g/mol. The van der Waals surface area contributed by atoms with Gasteiger partial charge in [-0.25, -0.2) is 0 Å². The van der Waals surface area contributed by atoms with E-state index >= 15 is 0 Å². The van der Waals surface area contributed by atoms with Crippen LogP contribution >= 0.6 is 12.2 Å². The number of benzene rings is 3. The fourth-order valence-electron chi connectivity index (χ4n) is 3.04. The van der Waals surface area contributed by atoms with E-state index in [1.165, 1.54) is 0 Å². The highest BCUT2D eigenvalue weighted by Crippen LogP contribution is 2.14. The Morgan fingerprint density at radius 2 is 1.40 bits per heavy atom. The van der Waals surface area contributed by atoms with Gasteiger partial charge in [-0.1, -0.05) is 17.7 Å². The third-order valence-corrected chi connectivity index (χ3v) is 4.89. The molecule has 0 radical (unpaired) electrons. The molecule has 0 aromatic heterocycles. The van der Waals surface area contributed by atoms with E-state index in [9.17, 15) is 14.4 Å². The second kappa shape index (κ2) is 11.8. The molecule has 3 aromatic carbocycles. The van der Waals surface area contributed by atoms with Crippen molar-refractivity contribution < 1.29 is 19.1 Å². The van der Waals surface area contributed by atoms with Gasteiger partial charge >= 0.3 is 0 Å². The summed E-state index contributed by atoms with van der Waals surface area (Å²) in [5.41, 5.74) is 7.73. The van der Waals surface area contributed by atoms with Crippen LogP contribution in [-0.2, 0) is 0 Å². The molecule has 0 saturated heterocycles. The highest BCUT2D eigenvalue weighted by Gasteiger charge is 2.11. The van der Waals surface area contributed by atoms with Crippen molar-refractivity contribution in [3.8, 4) is 5.75 Å². The largest absolute Gasteiger partial charge is 0.491 e. The number of ether oxygens (including phenoxy) is 1. The molecule has 0 saturated carbocycles. The van der Waals surface area contributed by atoms with Crippen LogP contribution in [0.25, 0.3) is 0 Å². The first-order chi connectivity index (χ1) is 16.7. The summed E-state index contributed by atoms with van der Waals surface area (Å²) in [6.45, 7) is 5.74. The lowest BCUT2D eigenvalue weighted by atomic mass is 10.1. The van der Waals surface area contributed by atoms with Crippen molar-refractivity contribution >= 4 is 40.7 Å². The number of hydrazine groups is 1. The van der Waals surface area contributed by atoms with Crippen LogP contribution < -0.4 is 26.2 Å². The van der Waals surface area contributed by atoms with Gasteiger partial charge in [-0.3, -0.25) is 30.6 Å². The van der Waals surface area contributed by atoms with Crippen molar-refractivity contribution in [1.82, 2.24) is 16.2 Å². The van der Waals surface area contributed by atoms with Gasteiger partial charge in [-0.15, -0.1) is 0 Å². The van der Waals surface area contributed by atoms with Crippen LogP contribution in [0.5, 0.6) is 5.75 Å². The van der Waals surface area contributed by atoms with Crippen molar-refractivity contribution in [2.45, 2.75) is 26.9 Å². The van der Waals surface area contributed by atoms with Gasteiger partial charge in [0.15, 0.2) is 5.11 Å². The molecule has 0 bridgehead atoms. The van der Waals surface area contributed by atoms with E-state index in [0.717, 1.165) is 5.56 Å². The van der Waals surface area contributed by atoms with E-state index in [1.54, 1.807) is 60.7 Å². The number of hydrogen-bond acceptors (Lipinski definition) is 5. The second-order valence-electron chi connectivity index (χ2n) is 7.95. The summed E-state index contributed by atoms with van der Waals surface area (Å²) in [5.74, 6) is -0.476. The predicted octanol–water partition coefficient (Wildman–Crippen LogP) is 3.98. The first-order valence-electron chi connectivity index (χ1n) is 10.9. The minimum Gasteiger partial charge on any atom is -0.491 e. The van der Waals surface area contributed by atoms with Crippen LogP contribution in [0, 0.1) is 6.92 Å². The molecule has 0 unspecified atom stereocenters. The normalized spacial score (nSPS) is 10.3. The molecule has 0 aliphatic carbocycles. The molecule has 180 valence electrons. The molecule has 9 heteroatoms. The fourth-order valence-corrected chi connectivity index (χ4v) is 3.19. The Morgan fingerprint density at radius 3 is 2.03 bits per heavy atom. The minimum atomic E-state index is -0.464. The number of anilines is 1. The average molecular weight is 491 g/mol. The molecule has 3 aromatic rings. The number of aryl methyl sites for hydroxylation is 1. The summed E-state index contributed by atoms with van der Waals surface area (Å²) in [5, 5.41) is 5.22. The Bertz CT molecular complexity index is 1220. The molecule has 0 atom stereocenters. The van der Waals surface area contributed by atoms with Crippen LogP contribution in [0.4, 0.5) is 5.69 Å². The molecule has 0 spiro atoms. The number of thiocarbonyl (C=S) groups is 1. The zero-order valence-corrected chi connectivity index (χ0v) is 20.4. The zero-order valence-electron chi connectivity index (χ0n) is 19.5. The first kappa shape index (κ1) is 25.4. The summed E-state index contributed by atoms with van der Waals surface area (Å²) >= 11 is 5.08. The Labute approximate surface area is 209 Å². The number of nitrogens with one attached hydrogen (secondary N) is 4. The Hall–Kier alpha value is -4.24. The summed E-state index contributed by atoms with van der Waals surface area (Å²) in [7, 11) is 0. The van der Waals surface area contributed by atoms with E-state index in [1.807, 2.05) is 32.9 Å². The average Bonchev–Trinajstić information content (AvgIpc) is 2.83. The molecular formula is C26H26N4O4S. The third kappa shape index (κ3) is 7.65. The topological polar surface area (TPSA) is 109 Å². The van der Waals surface area contributed by atoms with Crippen LogP contribution in [-0.4, -0.2) is 28.9 Å². The van der Waals surface area contributed by atoms with Gasteiger partial charge in [-0.2, -0.15) is 0 Å². The van der Waals surface area contributed by atoms with Crippen molar-refractivity contribution in [2.75, 3.05) is 5.32 Å². The van der Waals surface area contributed by atoms with E-state index in [4.69, 9.17) is 17.0 Å². The van der Waals surface area contributed by atoms with E-state index < -0.39 is 11.8 Å². The van der Waals surface area contributed by atoms with Gasteiger partial charge < -0.3 is 10.1 Å². The Balaban J connectivity index is 1.47. The maximum Gasteiger partial charge on any atom is 0.269 e. The summed E-state index contributed by atoms with van der Waals surface area (Å²) in [6.07, 6.45) is 0.0311. The van der Waals surface area contributed by atoms with Crippen LogP contribution in [0.3, 0.4) is 0 Å². The van der Waals surface area contributed by atoms with Gasteiger partial charge in [0.05, 0.1) is 6.10 Å².